The molecule has 106 valence electrons. The van der Waals surface area contributed by atoms with Crippen LogP contribution >= 0.6 is 23.2 Å². The summed E-state index contributed by atoms with van der Waals surface area (Å²) in [4.78, 5) is 15.3. The maximum atomic E-state index is 11.5. The van der Waals surface area contributed by atoms with Crippen molar-refractivity contribution in [3.05, 3.63) is 47.0 Å². The molecule has 5 nitrogen and oxygen atoms in total. The molecule has 7 heteroatoms. The number of aliphatic carboxylic acids is 1. The van der Waals surface area contributed by atoms with Crippen LogP contribution in [0.3, 0.4) is 0 Å². The predicted molar refractivity (Wildman–Crippen MR) is 75.5 cm³/mol. The van der Waals surface area contributed by atoms with Gasteiger partial charge < -0.3 is 14.4 Å². The number of hydrogen-bond donors (Lipinski definition) is 1. The minimum atomic E-state index is -1.26. The predicted octanol–water partition coefficient (Wildman–Crippen LogP) is 3.07. The van der Waals surface area contributed by atoms with Gasteiger partial charge in [0.05, 0.1) is 16.4 Å². The van der Waals surface area contributed by atoms with Gasteiger partial charge in [-0.15, -0.1) is 0 Å². The third-order valence-electron chi connectivity index (χ3n) is 2.95. The molecule has 0 amide bonds. The molecule has 0 fully saturated rings. The third-order valence-corrected chi connectivity index (χ3v) is 3.68. The zero-order chi connectivity index (χ0) is 14.8. The molecule has 1 unspecified atom stereocenters. The van der Waals surface area contributed by atoms with E-state index in [-0.39, 0.29) is 6.61 Å². The second-order valence-corrected chi connectivity index (χ2v) is 5.23. The first-order valence-electron chi connectivity index (χ1n) is 5.73. The van der Waals surface area contributed by atoms with E-state index in [1.165, 1.54) is 17.1 Å². The second-order valence-electron chi connectivity index (χ2n) is 4.41. The van der Waals surface area contributed by atoms with Crippen LogP contribution in [0.2, 0.25) is 10.0 Å². The largest absolute Gasteiger partial charge is 0.490 e. The number of hydrogen-bond acceptors (Lipinski definition) is 3. The Morgan fingerprint density at radius 2 is 2.20 bits per heavy atom. The number of aromatic nitrogens is 2. The van der Waals surface area contributed by atoms with E-state index in [4.69, 9.17) is 27.9 Å². The Morgan fingerprint density at radius 1 is 1.45 bits per heavy atom. The van der Waals surface area contributed by atoms with Crippen LogP contribution in [0.25, 0.3) is 0 Å². The molecule has 1 aromatic carbocycles. The third kappa shape index (κ3) is 2.89. The molecule has 0 radical (unpaired) electrons. The number of rotatable bonds is 5. The lowest BCUT2D eigenvalue weighted by molar-refractivity contribution is -0.148. The lowest BCUT2D eigenvalue weighted by Gasteiger charge is -2.26. The molecule has 1 heterocycles. The highest BCUT2D eigenvalue weighted by Crippen LogP contribution is 2.27. The van der Waals surface area contributed by atoms with Crippen LogP contribution in [0.4, 0.5) is 0 Å². The SMILES string of the molecule is CC(COc1ccc(Cl)c(Cl)c1)(C(=O)O)n1ccnc1. The normalized spacial score (nSPS) is 13.8. The highest BCUT2D eigenvalue weighted by molar-refractivity contribution is 6.42. The maximum absolute atomic E-state index is 11.5. The fraction of sp³-hybridized carbons (Fsp3) is 0.231. The van der Waals surface area contributed by atoms with Crippen molar-refractivity contribution in [1.29, 1.82) is 0 Å². The smallest absolute Gasteiger partial charge is 0.333 e. The van der Waals surface area contributed by atoms with Crippen molar-refractivity contribution in [3.63, 3.8) is 0 Å². The Hall–Kier alpha value is -1.72. The molecule has 0 aliphatic heterocycles. The van der Waals surface area contributed by atoms with Crippen LogP contribution in [-0.4, -0.2) is 27.2 Å². The van der Waals surface area contributed by atoms with Gasteiger partial charge in [-0.2, -0.15) is 0 Å². The molecule has 2 aromatic rings. The van der Waals surface area contributed by atoms with Crippen molar-refractivity contribution in [2.75, 3.05) is 6.61 Å². The number of carboxylic acids is 1. The first-order valence-corrected chi connectivity index (χ1v) is 6.49. The number of benzene rings is 1. The summed E-state index contributed by atoms with van der Waals surface area (Å²) in [5.41, 5.74) is -1.26. The Kier molecular flexibility index (Phi) is 4.20. The standard InChI is InChI=1S/C13H12Cl2N2O3/c1-13(12(18)19,17-5-4-16-8-17)7-20-9-2-3-10(14)11(15)6-9/h2-6,8H,7H2,1H3,(H,18,19). The van der Waals surface area contributed by atoms with Crippen molar-refractivity contribution in [3.8, 4) is 5.75 Å². The van der Waals surface area contributed by atoms with Gasteiger partial charge in [-0.05, 0) is 19.1 Å². The topological polar surface area (TPSA) is 64.3 Å². The van der Waals surface area contributed by atoms with Gasteiger partial charge in [0, 0.05) is 18.5 Å². The Bertz CT molecular complexity index is 616. The molecule has 2 rings (SSSR count). The maximum Gasteiger partial charge on any atom is 0.333 e. The van der Waals surface area contributed by atoms with E-state index < -0.39 is 11.5 Å². The fourth-order valence-electron chi connectivity index (χ4n) is 1.59. The van der Waals surface area contributed by atoms with E-state index in [1.54, 1.807) is 31.3 Å². The molecule has 0 saturated heterocycles. The molecule has 0 spiro atoms. The average molecular weight is 315 g/mol. The number of carboxylic acid groups (broad SMARTS) is 1. The molecule has 1 atom stereocenters. The van der Waals surface area contributed by atoms with Crippen LogP contribution in [0.15, 0.2) is 36.9 Å². The van der Waals surface area contributed by atoms with Gasteiger partial charge >= 0.3 is 5.97 Å². The molecule has 1 aromatic heterocycles. The number of ether oxygens (including phenoxy) is 1. The number of nitrogens with zero attached hydrogens (tertiary/aromatic N) is 2. The molecule has 0 saturated carbocycles. The van der Waals surface area contributed by atoms with E-state index in [2.05, 4.69) is 4.98 Å². The summed E-state index contributed by atoms with van der Waals surface area (Å²) in [7, 11) is 0. The molecule has 0 bridgehead atoms. The van der Waals surface area contributed by atoms with E-state index in [1.807, 2.05) is 0 Å². The first-order chi connectivity index (χ1) is 9.43. The van der Waals surface area contributed by atoms with Crippen LogP contribution in [-0.2, 0) is 10.3 Å². The Balaban J connectivity index is 2.18. The number of carbonyl (C=O) groups is 1. The van der Waals surface area contributed by atoms with Crippen LogP contribution in [0, 0.1) is 0 Å². The van der Waals surface area contributed by atoms with Gasteiger partial charge in [0.15, 0.2) is 5.54 Å². The minimum absolute atomic E-state index is 0.0728. The van der Waals surface area contributed by atoms with Crippen LogP contribution < -0.4 is 4.74 Å². The zero-order valence-electron chi connectivity index (χ0n) is 10.6. The van der Waals surface area contributed by atoms with Gasteiger partial charge in [-0.3, -0.25) is 0 Å². The van der Waals surface area contributed by atoms with E-state index >= 15 is 0 Å². The van der Waals surface area contributed by atoms with E-state index in [0.29, 0.717) is 15.8 Å². The Morgan fingerprint density at radius 3 is 2.75 bits per heavy atom. The fourth-order valence-corrected chi connectivity index (χ4v) is 1.88. The highest BCUT2D eigenvalue weighted by atomic mass is 35.5. The van der Waals surface area contributed by atoms with Crippen molar-refractivity contribution in [2.45, 2.75) is 12.5 Å². The van der Waals surface area contributed by atoms with Gasteiger partial charge in [0.2, 0.25) is 0 Å². The van der Waals surface area contributed by atoms with E-state index in [0.717, 1.165) is 0 Å². The molecule has 0 aliphatic rings. The molecule has 0 aliphatic carbocycles. The molecular weight excluding hydrogens is 303 g/mol. The second kappa shape index (κ2) is 5.73. The van der Waals surface area contributed by atoms with Crippen molar-refractivity contribution < 1.29 is 14.6 Å². The molecule has 20 heavy (non-hydrogen) atoms. The summed E-state index contributed by atoms with van der Waals surface area (Å²) in [6.07, 6.45) is 4.53. The quantitative estimate of drug-likeness (QED) is 0.921. The van der Waals surface area contributed by atoms with Gasteiger partial charge in [-0.25, -0.2) is 9.78 Å². The zero-order valence-corrected chi connectivity index (χ0v) is 12.1. The van der Waals surface area contributed by atoms with Crippen LogP contribution in [0.1, 0.15) is 6.92 Å². The van der Waals surface area contributed by atoms with Crippen molar-refractivity contribution in [1.82, 2.24) is 9.55 Å². The monoisotopic (exact) mass is 314 g/mol. The number of halogens is 2. The highest BCUT2D eigenvalue weighted by Gasteiger charge is 2.36. The van der Waals surface area contributed by atoms with Crippen molar-refractivity contribution >= 4 is 29.2 Å². The van der Waals surface area contributed by atoms with Gasteiger partial charge in [0.1, 0.15) is 12.4 Å². The summed E-state index contributed by atoms with van der Waals surface area (Å²) < 4.78 is 7.00. The molecule has 1 N–H and O–H groups in total. The summed E-state index contributed by atoms with van der Waals surface area (Å²) in [6.45, 7) is 1.48. The van der Waals surface area contributed by atoms with Gasteiger partial charge in [0.25, 0.3) is 0 Å². The number of imidazole rings is 1. The molecular formula is C13H12Cl2N2O3. The van der Waals surface area contributed by atoms with Crippen LogP contribution in [0.5, 0.6) is 5.75 Å². The lowest BCUT2D eigenvalue weighted by atomic mass is 10.0. The summed E-state index contributed by atoms with van der Waals surface area (Å²) in [5, 5.41) is 10.2. The van der Waals surface area contributed by atoms with Crippen molar-refractivity contribution in [2.24, 2.45) is 0 Å². The summed E-state index contributed by atoms with van der Waals surface area (Å²) in [6, 6.07) is 4.76. The summed E-state index contributed by atoms with van der Waals surface area (Å²) in [5.74, 6) is -0.567. The first kappa shape index (κ1) is 14.7. The lowest BCUT2D eigenvalue weighted by Crippen LogP contribution is -2.43. The Labute approximate surface area is 125 Å². The summed E-state index contributed by atoms with van der Waals surface area (Å²) >= 11 is 11.7. The average Bonchev–Trinajstić information content (AvgIpc) is 2.94. The van der Waals surface area contributed by atoms with E-state index in [9.17, 15) is 9.90 Å². The van der Waals surface area contributed by atoms with Gasteiger partial charge in [-0.1, -0.05) is 23.2 Å². The minimum Gasteiger partial charge on any atom is -0.490 e.